The van der Waals surface area contributed by atoms with Crippen LogP contribution in [0.25, 0.3) is 0 Å². The third kappa shape index (κ3) is 3.46. The van der Waals surface area contributed by atoms with Crippen LogP contribution in [-0.4, -0.2) is 29.9 Å². The van der Waals surface area contributed by atoms with Crippen LogP contribution >= 0.6 is 11.3 Å². The van der Waals surface area contributed by atoms with Gasteiger partial charge in [-0.05, 0) is 24.6 Å². The summed E-state index contributed by atoms with van der Waals surface area (Å²) in [5.74, 6) is -0.872. The fourth-order valence-corrected chi connectivity index (χ4v) is 3.60. The second-order valence-corrected chi connectivity index (χ2v) is 7.62. The quantitative estimate of drug-likeness (QED) is 0.909. The summed E-state index contributed by atoms with van der Waals surface area (Å²) < 4.78 is 39.7. The van der Waals surface area contributed by atoms with Crippen LogP contribution in [0.3, 0.4) is 0 Å². The summed E-state index contributed by atoms with van der Waals surface area (Å²) in [6, 6.07) is 3.57. The molecule has 1 N–H and O–H groups in total. The molecule has 0 aliphatic heterocycles. The van der Waals surface area contributed by atoms with Gasteiger partial charge in [0.2, 0.25) is 10.0 Å². The number of hydrogen-bond acceptors (Lipinski definition) is 5. The number of hydrogen-bond donors (Lipinski definition) is 1. The van der Waals surface area contributed by atoms with E-state index in [1.807, 2.05) is 6.92 Å². The van der Waals surface area contributed by atoms with Crippen LogP contribution in [0.2, 0.25) is 0 Å². The summed E-state index contributed by atoms with van der Waals surface area (Å²) in [6.07, 6.45) is 0. The molecule has 1 aromatic carbocycles. The van der Waals surface area contributed by atoms with Gasteiger partial charge in [-0.15, -0.1) is 11.3 Å². The Hall–Kier alpha value is -1.35. The van der Waals surface area contributed by atoms with E-state index in [1.54, 1.807) is 5.38 Å². The van der Waals surface area contributed by atoms with Gasteiger partial charge in [-0.1, -0.05) is 6.07 Å². The lowest BCUT2D eigenvalue weighted by atomic mass is 10.2. The fraction of sp³-hybridized carbons (Fsp3) is 0.308. The van der Waals surface area contributed by atoms with E-state index in [9.17, 15) is 12.8 Å². The number of halogens is 1. The first-order chi connectivity index (χ1) is 9.84. The molecule has 0 aliphatic carbocycles. The molecular weight excluding hydrogens is 315 g/mol. The summed E-state index contributed by atoms with van der Waals surface area (Å²) in [5, 5.41) is 11.5. The van der Waals surface area contributed by atoms with Gasteiger partial charge >= 0.3 is 0 Å². The summed E-state index contributed by atoms with van der Waals surface area (Å²) in [7, 11) is -2.56. The van der Waals surface area contributed by atoms with E-state index in [0.29, 0.717) is 11.3 Å². The molecule has 0 unspecified atom stereocenters. The number of rotatable bonds is 5. The van der Waals surface area contributed by atoms with E-state index in [2.05, 4.69) is 4.98 Å². The molecule has 21 heavy (non-hydrogen) atoms. The highest BCUT2D eigenvalue weighted by Crippen LogP contribution is 2.21. The number of aliphatic hydroxyl groups is 1. The highest BCUT2D eigenvalue weighted by Gasteiger charge is 2.25. The maximum atomic E-state index is 13.9. The molecule has 0 radical (unpaired) electrons. The van der Waals surface area contributed by atoms with Crippen LogP contribution in [0.1, 0.15) is 16.3 Å². The number of sulfonamides is 1. The normalized spacial score (nSPS) is 12.0. The second kappa shape index (κ2) is 6.18. The third-order valence-electron chi connectivity index (χ3n) is 2.92. The summed E-state index contributed by atoms with van der Waals surface area (Å²) in [5.41, 5.74) is 0.945. The number of aryl methyl sites for hydroxylation is 1. The van der Waals surface area contributed by atoms with Crippen molar-refractivity contribution in [2.45, 2.75) is 25.0 Å². The largest absolute Gasteiger partial charge is 0.392 e. The molecule has 0 fully saturated rings. The van der Waals surface area contributed by atoms with E-state index >= 15 is 0 Å². The van der Waals surface area contributed by atoms with Gasteiger partial charge in [0.1, 0.15) is 10.7 Å². The van der Waals surface area contributed by atoms with E-state index in [1.165, 1.54) is 30.5 Å². The van der Waals surface area contributed by atoms with Gasteiger partial charge < -0.3 is 5.11 Å². The van der Waals surface area contributed by atoms with Crippen LogP contribution in [0.5, 0.6) is 0 Å². The van der Waals surface area contributed by atoms with Gasteiger partial charge in [0.25, 0.3) is 0 Å². The van der Waals surface area contributed by atoms with Gasteiger partial charge in [0.05, 0.1) is 23.9 Å². The van der Waals surface area contributed by atoms with Gasteiger partial charge in [-0.2, -0.15) is 4.31 Å². The van der Waals surface area contributed by atoms with Crippen molar-refractivity contribution >= 4 is 21.4 Å². The van der Waals surface area contributed by atoms with Crippen molar-refractivity contribution in [1.29, 1.82) is 0 Å². The molecule has 0 saturated heterocycles. The minimum Gasteiger partial charge on any atom is -0.392 e. The van der Waals surface area contributed by atoms with Gasteiger partial charge in [-0.25, -0.2) is 17.8 Å². The molecule has 0 atom stereocenters. The lowest BCUT2D eigenvalue weighted by molar-refractivity contribution is 0.281. The Morgan fingerprint density at radius 2 is 2.14 bits per heavy atom. The Labute approximate surface area is 126 Å². The predicted octanol–water partition coefficient (Wildman–Crippen LogP) is 1.90. The van der Waals surface area contributed by atoms with E-state index in [4.69, 9.17) is 5.11 Å². The molecule has 1 aromatic heterocycles. The summed E-state index contributed by atoms with van der Waals surface area (Å²) >= 11 is 1.43. The fourth-order valence-electron chi connectivity index (χ4n) is 1.81. The van der Waals surface area contributed by atoms with E-state index in [0.717, 1.165) is 15.4 Å². The first-order valence-electron chi connectivity index (χ1n) is 6.11. The molecule has 2 aromatic rings. The van der Waals surface area contributed by atoms with Crippen LogP contribution in [-0.2, 0) is 23.2 Å². The number of thiazole rings is 1. The number of nitrogens with zero attached hydrogens (tertiary/aromatic N) is 2. The lowest BCUT2D eigenvalue weighted by Crippen LogP contribution is -2.27. The van der Waals surface area contributed by atoms with Gasteiger partial charge in [0.15, 0.2) is 0 Å². The first kappa shape index (κ1) is 16.0. The van der Waals surface area contributed by atoms with Crippen LogP contribution in [0.4, 0.5) is 4.39 Å². The SMILES string of the molecule is Cc1nc(CN(C)S(=O)(=O)c2ccc(CO)cc2F)cs1. The Kier molecular flexibility index (Phi) is 4.72. The minimum absolute atomic E-state index is 0.0772. The molecule has 0 bridgehead atoms. The average Bonchev–Trinajstić information content (AvgIpc) is 2.83. The molecule has 2 rings (SSSR count). The monoisotopic (exact) mass is 330 g/mol. The third-order valence-corrected chi connectivity index (χ3v) is 5.58. The summed E-state index contributed by atoms with van der Waals surface area (Å²) in [6.45, 7) is 1.56. The Morgan fingerprint density at radius 1 is 1.43 bits per heavy atom. The number of benzene rings is 1. The minimum atomic E-state index is -3.94. The zero-order valence-corrected chi connectivity index (χ0v) is 13.2. The van der Waals surface area contributed by atoms with E-state index in [-0.39, 0.29) is 13.2 Å². The topological polar surface area (TPSA) is 70.5 Å². The smallest absolute Gasteiger partial charge is 0.246 e. The second-order valence-electron chi connectivity index (χ2n) is 4.54. The predicted molar refractivity (Wildman–Crippen MR) is 77.8 cm³/mol. The van der Waals surface area contributed by atoms with Crippen LogP contribution < -0.4 is 0 Å². The van der Waals surface area contributed by atoms with Crippen molar-refractivity contribution < 1.29 is 17.9 Å². The highest BCUT2D eigenvalue weighted by molar-refractivity contribution is 7.89. The Balaban J connectivity index is 2.28. The molecule has 114 valence electrons. The Bertz CT molecular complexity index is 744. The van der Waals surface area contributed by atoms with Crippen molar-refractivity contribution in [3.8, 4) is 0 Å². The number of aliphatic hydroxyl groups excluding tert-OH is 1. The lowest BCUT2D eigenvalue weighted by Gasteiger charge is -2.16. The molecule has 0 spiro atoms. The Morgan fingerprint density at radius 3 is 2.67 bits per heavy atom. The first-order valence-corrected chi connectivity index (χ1v) is 8.43. The van der Waals surface area contributed by atoms with Crippen molar-refractivity contribution in [3.05, 3.63) is 45.7 Å². The molecule has 0 saturated carbocycles. The zero-order valence-electron chi connectivity index (χ0n) is 11.6. The zero-order chi connectivity index (χ0) is 15.6. The highest BCUT2D eigenvalue weighted by atomic mass is 32.2. The molecule has 0 amide bonds. The molecule has 1 heterocycles. The van der Waals surface area contributed by atoms with Crippen molar-refractivity contribution in [2.24, 2.45) is 0 Å². The van der Waals surface area contributed by atoms with Gasteiger partial charge in [-0.3, -0.25) is 0 Å². The molecule has 0 aliphatic rings. The number of aromatic nitrogens is 1. The molecule has 8 heteroatoms. The van der Waals surface area contributed by atoms with E-state index < -0.39 is 20.7 Å². The van der Waals surface area contributed by atoms with Crippen molar-refractivity contribution in [2.75, 3.05) is 7.05 Å². The van der Waals surface area contributed by atoms with Crippen LogP contribution in [0, 0.1) is 12.7 Å². The van der Waals surface area contributed by atoms with Gasteiger partial charge in [0, 0.05) is 12.4 Å². The van der Waals surface area contributed by atoms with Crippen molar-refractivity contribution in [3.63, 3.8) is 0 Å². The molecule has 5 nitrogen and oxygen atoms in total. The molecular formula is C13H15FN2O3S2. The van der Waals surface area contributed by atoms with Crippen molar-refractivity contribution in [1.82, 2.24) is 9.29 Å². The van der Waals surface area contributed by atoms with Crippen LogP contribution in [0.15, 0.2) is 28.5 Å². The average molecular weight is 330 g/mol. The maximum Gasteiger partial charge on any atom is 0.246 e. The standard InChI is InChI=1S/C13H15FN2O3S2/c1-9-15-11(8-20-9)6-16(2)21(18,19)13-4-3-10(7-17)5-12(13)14/h3-5,8,17H,6-7H2,1-2H3. The maximum absolute atomic E-state index is 13.9. The summed E-state index contributed by atoms with van der Waals surface area (Å²) in [4.78, 5) is 3.79.